The van der Waals surface area contributed by atoms with E-state index in [1.807, 2.05) is 0 Å². The van der Waals surface area contributed by atoms with E-state index in [-0.39, 0.29) is 5.95 Å². The molecule has 0 amide bonds. The Balaban J connectivity index is 2.21. The molecule has 0 aliphatic carbocycles. The Hall–Kier alpha value is -1.63. The lowest BCUT2D eigenvalue weighted by atomic mass is 10.2. The van der Waals surface area contributed by atoms with Crippen LogP contribution < -0.4 is 15.5 Å². The number of rotatable bonds is 7. The van der Waals surface area contributed by atoms with Crippen LogP contribution in [0.1, 0.15) is 26.7 Å². The molecule has 1 aliphatic heterocycles. The molecule has 7 nitrogen and oxygen atoms in total. The average Bonchev–Trinajstić information content (AvgIpc) is 2.96. The maximum atomic E-state index is 5.88. The summed E-state index contributed by atoms with van der Waals surface area (Å²) in [5.74, 6) is 2.14. The number of aromatic nitrogens is 3. The number of ether oxygens (including phenoxy) is 1. The van der Waals surface area contributed by atoms with Crippen molar-refractivity contribution in [1.82, 2.24) is 15.0 Å². The van der Waals surface area contributed by atoms with E-state index in [1.165, 1.54) is 12.8 Å². The smallest absolute Gasteiger partial charge is 0.232 e. The quantitative estimate of drug-likeness (QED) is 0.808. The summed E-state index contributed by atoms with van der Waals surface area (Å²) in [6, 6.07) is 0. The van der Waals surface area contributed by atoms with Crippen molar-refractivity contribution in [3.8, 4) is 0 Å². The van der Waals surface area contributed by atoms with E-state index in [1.54, 1.807) is 7.11 Å². The molecule has 1 saturated heterocycles. The lowest BCUT2D eigenvalue weighted by Crippen LogP contribution is -2.33. The molecule has 21 heavy (non-hydrogen) atoms. The van der Waals surface area contributed by atoms with Gasteiger partial charge in [-0.2, -0.15) is 15.0 Å². The third-order valence-corrected chi connectivity index (χ3v) is 3.45. The van der Waals surface area contributed by atoms with Crippen molar-refractivity contribution in [2.45, 2.75) is 26.7 Å². The Morgan fingerprint density at radius 3 is 2.57 bits per heavy atom. The van der Waals surface area contributed by atoms with E-state index in [0.29, 0.717) is 24.4 Å². The van der Waals surface area contributed by atoms with E-state index in [0.717, 1.165) is 26.2 Å². The Morgan fingerprint density at radius 2 is 1.95 bits per heavy atom. The average molecular weight is 294 g/mol. The predicted octanol–water partition coefficient (Wildman–Crippen LogP) is 1.16. The van der Waals surface area contributed by atoms with Gasteiger partial charge in [-0.1, -0.05) is 13.8 Å². The molecule has 7 heteroatoms. The third kappa shape index (κ3) is 4.42. The minimum absolute atomic E-state index is 0.285. The van der Waals surface area contributed by atoms with Crippen LogP contribution in [0.3, 0.4) is 0 Å². The Bertz CT molecular complexity index is 447. The number of anilines is 3. The van der Waals surface area contributed by atoms with Crippen LogP contribution >= 0.6 is 0 Å². The summed E-state index contributed by atoms with van der Waals surface area (Å²) in [6.45, 7) is 8.58. The highest BCUT2D eigenvalue weighted by atomic mass is 16.5. The molecule has 0 bridgehead atoms. The zero-order valence-electron chi connectivity index (χ0n) is 13.2. The molecular formula is C14H26N6O. The summed E-state index contributed by atoms with van der Waals surface area (Å²) >= 11 is 0. The molecule has 2 heterocycles. The van der Waals surface area contributed by atoms with Crippen LogP contribution in [-0.4, -0.2) is 54.8 Å². The van der Waals surface area contributed by atoms with E-state index >= 15 is 0 Å². The van der Waals surface area contributed by atoms with Crippen molar-refractivity contribution in [1.29, 1.82) is 0 Å². The molecular weight excluding hydrogens is 268 g/mol. The summed E-state index contributed by atoms with van der Waals surface area (Å²) in [4.78, 5) is 17.5. The SMILES string of the molecule is COCCN(CC(C)C)c1nc(N)nc(N2CCCC2)n1. The van der Waals surface area contributed by atoms with Crippen LogP contribution in [0.2, 0.25) is 0 Å². The second kappa shape index (κ2) is 7.40. The molecule has 1 aliphatic rings. The van der Waals surface area contributed by atoms with E-state index < -0.39 is 0 Å². The molecule has 0 spiro atoms. The fraction of sp³-hybridized carbons (Fsp3) is 0.786. The second-order valence-electron chi connectivity index (χ2n) is 5.82. The van der Waals surface area contributed by atoms with E-state index in [2.05, 4.69) is 38.6 Å². The minimum atomic E-state index is 0.285. The van der Waals surface area contributed by atoms with Crippen molar-refractivity contribution >= 4 is 17.8 Å². The zero-order chi connectivity index (χ0) is 15.2. The lowest BCUT2D eigenvalue weighted by molar-refractivity contribution is 0.204. The number of hydrogen-bond acceptors (Lipinski definition) is 7. The van der Waals surface area contributed by atoms with Gasteiger partial charge < -0.3 is 20.3 Å². The maximum Gasteiger partial charge on any atom is 0.232 e. The van der Waals surface area contributed by atoms with Crippen LogP contribution in [0, 0.1) is 5.92 Å². The molecule has 1 fully saturated rings. The van der Waals surface area contributed by atoms with Gasteiger partial charge in [-0.15, -0.1) is 0 Å². The molecule has 0 saturated carbocycles. The molecule has 0 radical (unpaired) electrons. The van der Waals surface area contributed by atoms with Gasteiger partial charge in [0.1, 0.15) is 0 Å². The maximum absolute atomic E-state index is 5.88. The highest BCUT2D eigenvalue weighted by molar-refractivity contribution is 5.44. The lowest BCUT2D eigenvalue weighted by Gasteiger charge is -2.25. The number of nitrogens with zero attached hydrogens (tertiary/aromatic N) is 5. The predicted molar refractivity (Wildman–Crippen MR) is 84.6 cm³/mol. The summed E-state index contributed by atoms with van der Waals surface area (Å²) in [6.07, 6.45) is 2.36. The first kappa shape index (κ1) is 15.8. The fourth-order valence-corrected chi connectivity index (χ4v) is 2.48. The molecule has 118 valence electrons. The van der Waals surface area contributed by atoms with E-state index in [9.17, 15) is 0 Å². The first-order chi connectivity index (χ1) is 10.1. The Labute approximate surface area is 126 Å². The van der Waals surface area contributed by atoms with Gasteiger partial charge in [0.15, 0.2) is 0 Å². The monoisotopic (exact) mass is 294 g/mol. The van der Waals surface area contributed by atoms with Crippen LogP contribution in [0.4, 0.5) is 17.8 Å². The van der Waals surface area contributed by atoms with Gasteiger partial charge >= 0.3 is 0 Å². The molecule has 0 aromatic carbocycles. The van der Waals surface area contributed by atoms with Gasteiger partial charge in [-0.05, 0) is 18.8 Å². The van der Waals surface area contributed by atoms with Gasteiger partial charge in [0.2, 0.25) is 17.8 Å². The zero-order valence-corrected chi connectivity index (χ0v) is 13.2. The first-order valence-electron chi connectivity index (χ1n) is 7.60. The van der Waals surface area contributed by atoms with Gasteiger partial charge in [0, 0.05) is 33.3 Å². The van der Waals surface area contributed by atoms with Crippen molar-refractivity contribution < 1.29 is 4.74 Å². The highest BCUT2D eigenvalue weighted by Crippen LogP contribution is 2.20. The summed E-state index contributed by atoms with van der Waals surface area (Å²) in [5, 5.41) is 0. The molecule has 1 aromatic rings. The van der Waals surface area contributed by atoms with Crippen molar-refractivity contribution in [3.05, 3.63) is 0 Å². The topological polar surface area (TPSA) is 80.4 Å². The van der Waals surface area contributed by atoms with Crippen LogP contribution in [0.5, 0.6) is 0 Å². The van der Waals surface area contributed by atoms with Gasteiger partial charge in [-0.3, -0.25) is 0 Å². The van der Waals surface area contributed by atoms with Crippen molar-refractivity contribution in [2.24, 2.45) is 5.92 Å². The first-order valence-corrected chi connectivity index (χ1v) is 7.60. The van der Waals surface area contributed by atoms with Gasteiger partial charge in [-0.25, -0.2) is 0 Å². The Morgan fingerprint density at radius 1 is 1.24 bits per heavy atom. The molecule has 2 rings (SSSR count). The highest BCUT2D eigenvalue weighted by Gasteiger charge is 2.19. The number of nitrogen functional groups attached to an aromatic ring is 1. The number of hydrogen-bond donors (Lipinski definition) is 1. The third-order valence-electron chi connectivity index (χ3n) is 3.45. The normalized spacial score (nSPS) is 15.0. The molecule has 1 aromatic heterocycles. The second-order valence-corrected chi connectivity index (χ2v) is 5.82. The van der Waals surface area contributed by atoms with Crippen molar-refractivity contribution in [2.75, 3.05) is 55.4 Å². The van der Waals surface area contributed by atoms with Crippen LogP contribution in [0.25, 0.3) is 0 Å². The minimum Gasteiger partial charge on any atom is -0.383 e. The molecule has 0 atom stereocenters. The summed E-state index contributed by atoms with van der Waals surface area (Å²) in [7, 11) is 1.70. The van der Waals surface area contributed by atoms with Crippen LogP contribution in [0.15, 0.2) is 0 Å². The Kier molecular flexibility index (Phi) is 5.55. The largest absolute Gasteiger partial charge is 0.383 e. The van der Waals surface area contributed by atoms with Crippen LogP contribution in [-0.2, 0) is 4.74 Å². The van der Waals surface area contributed by atoms with Gasteiger partial charge in [0.05, 0.1) is 6.61 Å². The number of methoxy groups -OCH3 is 1. The standard InChI is InChI=1S/C14H26N6O/c1-11(2)10-20(8-9-21-3)14-17-12(15)16-13(18-14)19-6-4-5-7-19/h11H,4-10H2,1-3H3,(H2,15,16,17,18). The molecule has 2 N–H and O–H groups in total. The number of nitrogens with two attached hydrogens (primary N) is 1. The summed E-state index contributed by atoms with van der Waals surface area (Å²) in [5.41, 5.74) is 5.88. The van der Waals surface area contributed by atoms with E-state index in [4.69, 9.17) is 10.5 Å². The molecule has 0 unspecified atom stereocenters. The van der Waals surface area contributed by atoms with Gasteiger partial charge in [0.25, 0.3) is 0 Å². The fourth-order valence-electron chi connectivity index (χ4n) is 2.48. The summed E-state index contributed by atoms with van der Waals surface area (Å²) < 4.78 is 5.18. The van der Waals surface area contributed by atoms with Crippen molar-refractivity contribution in [3.63, 3.8) is 0 Å².